The van der Waals surface area contributed by atoms with Crippen molar-refractivity contribution in [1.29, 1.82) is 0 Å². The summed E-state index contributed by atoms with van der Waals surface area (Å²) in [5.41, 5.74) is 4.29. The van der Waals surface area contributed by atoms with Crippen molar-refractivity contribution in [2.45, 2.75) is 0 Å². The molecule has 0 aliphatic carbocycles. The van der Waals surface area contributed by atoms with Crippen LogP contribution in [0.4, 0.5) is 0 Å². The van der Waals surface area contributed by atoms with Gasteiger partial charge in [0, 0.05) is 30.4 Å². The Hall–Kier alpha value is -2.16. The second-order valence-corrected chi connectivity index (χ2v) is 3.37. The fraction of sp³-hybridized carbons (Fsp3) is 0. The molecule has 0 aliphatic heterocycles. The lowest BCUT2D eigenvalue weighted by atomic mass is 10.1. The maximum absolute atomic E-state index is 4.37. The van der Waals surface area contributed by atoms with Crippen LogP contribution in [0.5, 0.6) is 0 Å². The Balaban J connectivity index is 2.19. The van der Waals surface area contributed by atoms with E-state index in [1.165, 1.54) is 0 Å². The summed E-state index contributed by atoms with van der Waals surface area (Å²) < 4.78 is 0. The van der Waals surface area contributed by atoms with Crippen LogP contribution in [0.15, 0.2) is 49.1 Å². The Morgan fingerprint density at radius 2 is 1.87 bits per heavy atom. The predicted octanol–water partition coefficient (Wildman–Crippen LogP) is 2.62. The normalized spacial score (nSPS) is 10.7. The number of fused-ring (bicyclic) bond motifs is 1. The van der Waals surface area contributed by atoms with E-state index in [0.29, 0.717) is 0 Å². The van der Waals surface area contributed by atoms with Crippen LogP contribution in [0.3, 0.4) is 0 Å². The van der Waals surface area contributed by atoms with Gasteiger partial charge in [0.05, 0.1) is 11.0 Å². The fourth-order valence-electron chi connectivity index (χ4n) is 1.64. The van der Waals surface area contributed by atoms with E-state index in [1.807, 2.05) is 30.6 Å². The molecule has 0 fully saturated rings. The molecule has 0 radical (unpaired) electrons. The molecule has 15 heavy (non-hydrogen) atoms. The largest absolute Gasteiger partial charge is 0.360 e. The zero-order chi connectivity index (χ0) is 10.1. The van der Waals surface area contributed by atoms with Gasteiger partial charge < -0.3 is 4.98 Å². The fourth-order valence-corrected chi connectivity index (χ4v) is 1.64. The molecule has 3 heteroatoms. The predicted molar refractivity (Wildman–Crippen MR) is 59.3 cm³/mol. The number of nitrogens with zero attached hydrogens (tertiary/aromatic N) is 2. The van der Waals surface area contributed by atoms with Gasteiger partial charge in [-0.15, -0.1) is 0 Å². The maximum atomic E-state index is 4.37. The molecule has 3 aromatic heterocycles. The van der Waals surface area contributed by atoms with Crippen LogP contribution in [0.2, 0.25) is 0 Å². The Bertz CT molecular complexity index is 584. The number of pyridine rings is 2. The lowest BCUT2D eigenvalue weighted by molar-refractivity contribution is 1.32. The van der Waals surface area contributed by atoms with Crippen LogP contribution >= 0.6 is 0 Å². The summed E-state index contributed by atoms with van der Waals surface area (Å²) in [4.78, 5) is 11.5. The highest BCUT2D eigenvalue weighted by molar-refractivity contribution is 5.80. The molecular formula is C12H9N3. The van der Waals surface area contributed by atoms with Crippen molar-refractivity contribution in [3.63, 3.8) is 0 Å². The molecule has 0 saturated heterocycles. The highest BCUT2D eigenvalue weighted by atomic mass is 14.7. The van der Waals surface area contributed by atoms with Gasteiger partial charge >= 0.3 is 0 Å². The maximum Gasteiger partial charge on any atom is 0.0879 e. The van der Waals surface area contributed by atoms with Crippen LogP contribution in [-0.2, 0) is 0 Å². The van der Waals surface area contributed by atoms with E-state index in [-0.39, 0.29) is 0 Å². The Morgan fingerprint density at radius 1 is 1.00 bits per heavy atom. The molecule has 0 aromatic carbocycles. The topological polar surface area (TPSA) is 41.6 Å². The molecule has 0 aliphatic rings. The van der Waals surface area contributed by atoms with Crippen molar-refractivity contribution in [3.8, 4) is 11.1 Å². The average Bonchev–Trinajstić information content (AvgIpc) is 2.77. The molecule has 3 heterocycles. The summed E-state index contributed by atoms with van der Waals surface area (Å²) in [5, 5.41) is 0. The molecule has 0 atom stereocenters. The highest BCUT2D eigenvalue weighted by Gasteiger charge is 2.00. The second kappa shape index (κ2) is 3.20. The Labute approximate surface area is 86.8 Å². The summed E-state index contributed by atoms with van der Waals surface area (Å²) in [5.74, 6) is 0. The van der Waals surface area contributed by atoms with Crippen molar-refractivity contribution in [3.05, 3.63) is 49.1 Å². The third-order valence-electron chi connectivity index (χ3n) is 2.41. The molecule has 0 amide bonds. The minimum absolute atomic E-state index is 0.993. The van der Waals surface area contributed by atoms with Crippen LogP contribution < -0.4 is 0 Å². The molecule has 0 saturated carbocycles. The van der Waals surface area contributed by atoms with Gasteiger partial charge in [0.25, 0.3) is 0 Å². The van der Waals surface area contributed by atoms with E-state index in [2.05, 4.69) is 21.0 Å². The number of hydrogen-bond acceptors (Lipinski definition) is 2. The van der Waals surface area contributed by atoms with E-state index < -0.39 is 0 Å². The summed E-state index contributed by atoms with van der Waals surface area (Å²) in [6, 6.07) is 8.01. The van der Waals surface area contributed by atoms with Crippen molar-refractivity contribution in [2.75, 3.05) is 0 Å². The molecule has 1 N–H and O–H groups in total. The monoisotopic (exact) mass is 195 g/mol. The standard InChI is InChI=1S/C12H9N3/c1-4-13-5-2-9(1)10-7-12-11(15-8-10)3-6-14-12/h1-8,14H. The smallest absolute Gasteiger partial charge is 0.0879 e. The number of hydrogen-bond donors (Lipinski definition) is 1. The summed E-state index contributed by atoms with van der Waals surface area (Å²) >= 11 is 0. The van der Waals surface area contributed by atoms with E-state index in [4.69, 9.17) is 0 Å². The highest BCUT2D eigenvalue weighted by Crippen LogP contribution is 2.20. The quantitative estimate of drug-likeness (QED) is 0.648. The van der Waals surface area contributed by atoms with E-state index in [0.717, 1.165) is 22.2 Å². The number of aromatic nitrogens is 3. The molecule has 0 spiro atoms. The van der Waals surface area contributed by atoms with Gasteiger partial charge in [0.15, 0.2) is 0 Å². The first-order valence-electron chi connectivity index (χ1n) is 4.77. The lowest BCUT2D eigenvalue weighted by Crippen LogP contribution is -1.81. The number of rotatable bonds is 1. The van der Waals surface area contributed by atoms with Crippen molar-refractivity contribution in [2.24, 2.45) is 0 Å². The van der Waals surface area contributed by atoms with E-state index in [1.54, 1.807) is 12.4 Å². The summed E-state index contributed by atoms with van der Waals surface area (Å²) in [6.45, 7) is 0. The van der Waals surface area contributed by atoms with E-state index >= 15 is 0 Å². The first-order chi connectivity index (χ1) is 7.43. The van der Waals surface area contributed by atoms with Crippen LogP contribution in [-0.4, -0.2) is 15.0 Å². The minimum atomic E-state index is 0.993. The number of nitrogens with one attached hydrogen (secondary N) is 1. The summed E-state index contributed by atoms with van der Waals surface area (Å²) in [7, 11) is 0. The van der Waals surface area contributed by atoms with Gasteiger partial charge in [0.1, 0.15) is 0 Å². The van der Waals surface area contributed by atoms with Crippen molar-refractivity contribution >= 4 is 11.0 Å². The lowest BCUT2D eigenvalue weighted by Gasteiger charge is -1.99. The molecular weight excluding hydrogens is 186 g/mol. The first kappa shape index (κ1) is 8.17. The SMILES string of the molecule is c1cc(-c2cnc3cc[nH]c3c2)ccn1. The van der Waals surface area contributed by atoms with Crippen molar-refractivity contribution < 1.29 is 0 Å². The second-order valence-electron chi connectivity index (χ2n) is 3.37. The van der Waals surface area contributed by atoms with Gasteiger partial charge in [-0.05, 0) is 29.8 Å². The van der Waals surface area contributed by atoms with Gasteiger partial charge in [-0.2, -0.15) is 0 Å². The van der Waals surface area contributed by atoms with Gasteiger partial charge in [-0.3, -0.25) is 9.97 Å². The zero-order valence-corrected chi connectivity index (χ0v) is 8.01. The number of H-pyrrole nitrogens is 1. The molecule has 3 nitrogen and oxygen atoms in total. The molecule has 72 valence electrons. The summed E-state index contributed by atoms with van der Waals surface area (Å²) in [6.07, 6.45) is 7.35. The average molecular weight is 195 g/mol. The zero-order valence-electron chi connectivity index (χ0n) is 8.01. The Kier molecular flexibility index (Phi) is 1.75. The Morgan fingerprint density at radius 3 is 2.73 bits per heavy atom. The third kappa shape index (κ3) is 1.38. The molecule has 3 aromatic rings. The van der Waals surface area contributed by atoms with Gasteiger partial charge in [-0.1, -0.05) is 0 Å². The number of aromatic amines is 1. The van der Waals surface area contributed by atoms with Crippen LogP contribution in [0, 0.1) is 0 Å². The first-order valence-corrected chi connectivity index (χ1v) is 4.77. The van der Waals surface area contributed by atoms with Gasteiger partial charge in [0.2, 0.25) is 0 Å². The van der Waals surface area contributed by atoms with Gasteiger partial charge in [-0.25, -0.2) is 0 Å². The van der Waals surface area contributed by atoms with Crippen molar-refractivity contribution in [1.82, 2.24) is 15.0 Å². The third-order valence-corrected chi connectivity index (χ3v) is 2.41. The molecule has 0 bridgehead atoms. The van der Waals surface area contributed by atoms with E-state index in [9.17, 15) is 0 Å². The molecule has 3 rings (SSSR count). The molecule has 0 unspecified atom stereocenters. The van der Waals surface area contributed by atoms with Crippen LogP contribution in [0.25, 0.3) is 22.2 Å². The van der Waals surface area contributed by atoms with Crippen LogP contribution in [0.1, 0.15) is 0 Å². The minimum Gasteiger partial charge on any atom is -0.360 e.